The fourth-order valence-corrected chi connectivity index (χ4v) is 5.04. The molecule has 0 spiro atoms. The Morgan fingerprint density at radius 2 is 1.76 bits per heavy atom. The van der Waals surface area contributed by atoms with E-state index in [1.807, 2.05) is 17.0 Å². The van der Waals surface area contributed by atoms with E-state index >= 15 is 0 Å². The number of amides is 1. The lowest BCUT2D eigenvalue weighted by atomic mass is 9.86. The number of carbonyl (C=O) groups is 2. The standard InChI is InChI=1S/C22H31N3O4/c26-21(16-23-13-17-3-1-2-4-18(17)14-23)25-8-7-20(24-9-11-29-12-10-24)19(15-25)5-6-22(27)28/h1-4,19-20H,5-16H2,(H,27,28)/t19-,20+/m1/s1. The van der Waals surface area contributed by atoms with E-state index in [1.54, 1.807) is 0 Å². The van der Waals surface area contributed by atoms with E-state index in [-0.39, 0.29) is 18.2 Å². The third-order valence-electron chi connectivity index (χ3n) is 6.56. The zero-order valence-electron chi connectivity index (χ0n) is 17.0. The van der Waals surface area contributed by atoms with Crippen LogP contribution in [0, 0.1) is 5.92 Å². The van der Waals surface area contributed by atoms with Gasteiger partial charge in [-0.15, -0.1) is 0 Å². The number of carboxylic acids is 1. The van der Waals surface area contributed by atoms with Gasteiger partial charge in [0.05, 0.1) is 19.8 Å². The van der Waals surface area contributed by atoms with Gasteiger partial charge >= 0.3 is 5.97 Å². The molecule has 158 valence electrons. The molecule has 3 aliphatic heterocycles. The van der Waals surface area contributed by atoms with E-state index in [9.17, 15) is 14.7 Å². The summed E-state index contributed by atoms with van der Waals surface area (Å²) in [4.78, 5) is 30.8. The number of rotatable bonds is 6. The zero-order chi connectivity index (χ0) is 20.2. The summed E-state index contributed by atoms with van der Waals surface area (Å²) in [7, 11) is 0. The van der Waals surface area contributed by atoms with Crippen molar-refractivity contribution in [2.75, 3.05) is 45.9 Å². The fourth-order valence-electron chi connectivity index (χ4n) is 5.04. The first kappa shape index (κ1) is 20.3. The molecule has 7 nitrogen and oxygen atoms in total. The summed E-state index contributed by atoms with van der Waals surface area (Å²) in [6, 6.07) is 8.71. The Hall–Kier alpha value is -1.96. The summed E-state index contributed by atoms with van der Waals surface area (Å²) in [6.07, 6.45) is 1.70. The fraction of sp³-hybridized carbons (Fsp3) is 0.636. The van der Waals surface area contributed by atoms with Gasteiger partial charge in [0.25, 0.3) is 0 Å². The molecule has 1 aromatic carbocycles. The molecular formula is C22H31N3O4. The first-order chi connectivity index (χ1) is 14.1. The molecule has 2 atom stereocenters. The van der Waals surface area contributed by atoms with Crippen molar-refractivity contribution in [3.05, 3.63) is 35.4 Å². The molecule has 3 aliphatic rings. The minimum Gasteiger partial charge on any atom is -0.481 e. The number of ether oxygens (including phenoxy) is 1. The number of piperidine rings is 1. The lowest BCUT2D eigenvalue weighted by Gasteiger charge is -2.45. The molecule has 3 heterocycles. The molecule has 0 aliphatic carbocycles. The second kappa shape index (κ2) is 9.24. The second-order valence-corrected chi connectivity index (χ2v) is 8.45. The molecule has 0 saturated carbocycles. The Morgan fingerprint density at radius 3 is 2.41 bits per heavy atom. The van der Waals surface area contributed by atoms with E-state index < -0.39 is 5.97 Å². The van der Waals surface area contributed by atoms with Crippen LogP contribution in [-0.4, -0.2) is 83.7 Å². The highest BCUT2D eigenvalue weighted by Gasteiger charge is 2.36. The monoisotopic (exact) mass is 401 g/mol. The van der Waals surface area contributed by atoms with Gasteiger partial charge in [-0.25, -0.2) is 0 Å². The molecule has 0 bridgehead atoms. The van der Waals surface area contributed by atoms with Crippen molar-refractivity contribution in [3.8, 4) is 0 Å². The van der Waals surface area contributed by atoms with Crippen molar-refractivity contribution in [2.45, 2.75) is 38.4 Å². The number of benzene rings is 1. The number of carboxylic acid groups (broad SMARTS) is 1. The lowest BCUT2D eigenvalue weighted by molar-refractivity contribution is -0.138. The van der Waals surface area contributed by atoms with E-state index in [2.05, 4.69) is 21.9 Å². The Labute approximate surface area is 172 Å². The molecule has 0 radical (unpaired) electrons. The largest absolute Gasteiger partial charge is 0.481 e. The smallest absolute Gasteiger partial charge is 0.303 e. The average Bonchev–Trinajstić information content (AvgIpc) is 3.15. The molecule has 1 N–H and O–H groups in total. The van der Waals surface area contributed by atoms with E-state index in [0.29, 0.717) is 25.6 Å². The molecule has 1 amide bonds. The number of likely N-dealkylation sites (tertiary alicyclic amines) is 1. The Morgan fingerprint density at radius 1 is 1.07 bits per heavy atom. The van der Waals surface area contributed by atoms with Gasteiger partial charge in [-0.3, -0.25) is 19.4 Å². The van der Waals surface area contributed by atoms with Gasteiger partial charge in [0.15, 0.2) is 0 Å². The topological polar surface area (TPSA) is 73.3 Å². The van der Waals surface area contributed by atoms with Crippen molar-refractivity contribution in [3.63, 3.8) is 0 Å². The van der Waals surface area contributed by atoms with Crippen LogP contribution in [0.5, 0.6) is 0 Å². The molecular weight excluding hydrogens is 370 g/mol. The van der Waals surface area contributed by atoms with Gasteiger partial charge in [0, 0.05) is 51.7 Å². The van der Waals surface area contributed by atoms with Crippen molar-refractivity contribution >= 4 is 11.9 Å². The zero-order valence-corrected chi connectivity index (χ0v) is 17.0. The highest BCUT2D eigenvalue weighted by atomic mass is 16.5. The predicted octanol–water partition coefficient (Wildman–Crippen LogP) is 1.42. The first-order valence-corrected chi connectivity index (χ1v) is 10.7. The minimum atomic E-state index is -0.760. The summed E-state index contributed by atoms with van der Waals surface area (Å²) in [5.74, 6) is -0.389. The highest BCUT2D eigenvalue weighted by molar-refractivity contribution is 5.78. The number of aliphatic carboxylic acids is 1. The average molecular weight is 402 g/mol. The normalized spacial score (nSPS) is 25.7. The summed E-state index contributed by atoms with van der Waals surface area (Å²) in [5, 5.41) is 9.17. The number of hydrogen-bond donors (Lipinski definition) is 1. The minimum absolute atomic E-state index is 0.162. The van der Waals surface area contributed by atoms with Gasteiger partial charge in [-0.2, -0.15) is 0 Å². The van der Waals surface area contributed by atoms with Crippen LogP contribution in [0.3, 0.4) is 0 Å². The lowest BCUT2D eigenvalue weighted by Crippen LogP contribution is -2.56. The van der Waals surface area contributed by atoms with Crippen LogP contribution in [0.2, 0.25) is 0 Å². The summed E-state index contributed by atoms with van der Waals surface area (Å²) < 4.78 is 5.48. The van der Waals surface area contributed by atoms with Gasteiger partial charge in [-0.1, -0.05) is 24.3 Å². The van der Waals surface area contributed by atoms with Crippen molar-refractivity contribution in [2.24, 2.45) is 5.92 Å². The number of carbonyl (C=O) groups excluding carboxylic acids is 1. The van der Waals surface area contributed by atoms with Crippen LogP contribution in [0.4, 0.5) is 0 Å². The SMILES string of the molecule is O=C(O)CC[C@@H]1CN(C(=O)CN2Cc3ccccc3C2)CC[C@@H]1N1CCOCC1. The quantitative estimate of drug-likeness (QED) is 0.777. The summed E-state index contributed by atoms with van der Waals surface area (Å²) in [6.45, 7) is 6.77. The van der Waals surface area contributed by atoms with Gasteiger partial charge in [0.1, 0.15) is 0 Å². The van der Waals surface area contributed by atoms with Crippen LogP contribution in [0.15, 0.2) is 24.3 Å². The Kier molecular flexibility index (Phi) is 6.47. The number of fused-ring (bicyclic) bond motifs is 1. The van der Waals surface area contributed by atoms with Crippen molar-refractivity contribution in [1.82, 2.24) is 14.7 Å². The van der Waals surface area contributed by atoms with Gasteiger partial charge in [-0.05, 0) is 29.9 Å². The maximum Gasteiger partial charge on any atom is 0.303 e. The highest BCUT2D eigenvalue weighted by Crippen LogP contribution is 2.28. The first-order valence-electron chi connectivity index (χ1n) is 10.7. The predicted molar refractivity (Wildman–Crippen MR) is 108 cm³/mol. The summed E-state index contributed by atoms with van der Waals surface area (Å²) in [5.41, 5.74) is 2.62. The number of hydrogen-bond acceptors (Lipinski definition) is 5. The molecule has 0 unspecified atom stereocenters. The maximum absolute atomic E-state index is 13.0. The van der Waals surface area contributed by atoms with Crippen LogP contribution in [0.1, 0.15) is 30.4 Å². The van der Waals surface area contributed by atoms with E-state index in [4.69, 9.17) is 4.74 Å². The van der Waals surface area contributed by atoms with Crippen molar-refractivity contribution < 1.29 is 19.4 Å². The third-order valence-corrected chi connectivity index (χ3v) is 6.56. The molecule has 29 heavy (non-hydrogen) atoms. The molecule has 2 fully saturated rings. The number of nitrogens with zero attached hydrogens (tertiary/aromatic N) is 3. The van der Waals surface area contributed by atoms with Crippen LogP contribution < -0.4 is 0 Å². The van der Waals surface area contributed by atoms with Crippen LogP contribution in [-0.2, 0) is 27.4 Å². The molecule has 0 aromatic heterocycles. The van der Waals surface area contributed by atoms with E-state index in [1.165, 1.54) is 11.1 Å². The Bertz CT molecular complexity index is 710. The molecule has 2 saturated heterocycles. The van der Waals surface area contributed by atoms with Crippen LogP contribution in [0.25, 0.3) is 0 Å². The molecule has 1 aromatic rings. The van der Waals surface area contributed by atoms with Gasteiger partial charge in [0.2, 0.25) is 5.91 Å². The second-order valence-electron chi connectivity index (χ2n) is 8.45. The Balaban J connectivity index is 1.35. The molecule has 7 heteroatoms. The number of morpholine rings is 1. The third kappa shape index (κ3) is 4.97. The van der Waals surface area contributed by atoms with E-state index in [0.717, 1.165) is 52.4 Å². The maximum atomic E-state index is 13.0. The van der Waals surface area contributed by atoms with Gasteiger partial charge < -0.3 is 14.7 Å². The molecule has 4 rings (SSSR count). The van der Waals surface area contributed by atoms with Crippen LogP contribution >= 0.6 is 0 Å². The summed E-state index contributed by atoms with van der Waals surface area (Å²) >= 11 is 0. The van der Waals surface area contributed by atoms with Crippen molar-refractivity contribution in [1.29, 1.82) is 0 Å².